The van der Waals surface area contributed by atoms with Gasteiger partial charge in [-0.3, -0.25) is 33.8 Å². The van der Waals surface area contributed by atoms with Crippen LogP contribution in [-0.2, 0) is 61.0 Å². The molecular weight excluding hydrogens is 927 g/mol. The molecule has 73 heavy (non-hydrogen) atoms. The molecule has 18 heteroatoms. The van der Waals surface area contributed by atoms with Gasteiger partial charge in [0, 0.05) is 25.9 Å². The van der Waals surface area contributed by atoms with Gasteiger partial charge in [0.25, 0.3) is 0 Å². The van der Waals surface area contributed by atoms with Crippen LogP contribution < -0.4 is 44.2 Å². The van der Waals surface area contributed by atoms with Crippen LogP contribution in [0.5, 0.6) is 5.75 Å². The van der Waals surface area contributed by atoms with Crippen molar-refractivity contribution in [3.63, 3.8) is 0 Å². The largest absolute Gasteiger partial charge is 0.508 e. The minimum Gasteiger partial charge on any atom is -0.508 e. The molecular formula is C55H73N11O7. The molecule has 0 radical (unpaired) electrons. The van der Waals surface area contributed by atoms with E-state index in [0.717, 1.165) is 65.7 Å². The van der Waals surface area contributed by atoms with Gasteiger partial charge in [-0.05, 0) is 142 Å². The quantitative estimate of drug-likeness (QED) is 0.0278. The molecule has 1 fully saturated rings. The number of fused-ring (bicyclic) bond motifs is 1. The van der Waals surface area contributed by atoms with Gasteiger partial charge in [-0.25, -0.2) is 0 Å². The predicted octanol–water partition coefficient (Wildman–Crippen LogP) is 1.92. The number of rotatable bonds is 24. The lowest BCUT2D eigenvalue weighted by Gasteiger charge is -2.32. The Morgan fingerprint density at radius 1 is 0.726 bits per heavy atom. The lowest BCUT2D eigenvalue weighted by atomic mass is 9.90. The zero-order valence-corrected chi connectivity index (χ0v) is 42.1. The highest BCUT2D eigenvalue weighted by molar-refractivity contribution is 5.96. The molecule has 4 aromatic rings. The van der Waals surface area contributed by atoms with Crippen LogP contribution in [0.1, 0.15) is 77.5 Å². The Kier molecular flexibility index (Phi) is 20.3. The second kappa shape index (κ2) is 26.9. The number of amides is 6. The third-order valence-corrected chi connectivity index (χ3v) is 13.8. The van der Waals surface area contributed by atoms with Gasteiger partial charge in [0.05, 0.1) is 12.6 Å². The molecule has 5 atom stereocenters. The van der Waals surface area contributed by atoms with Gasteiger partial charge in [-0.15, -0.1) is 0 Å². The molecule has 0 aromatic heterocycles. The van der Waals surface area contributed by atoms with Crippen molar-refractivity contribution in [2.24, 2.45) is 33.8 Å². The smallest absolute Gasteiger partial charge is 0.246 e. The number of aryl methyl sites for hydroxylation is 2. The first kappa shape index (κ1) is 55.0. The van der Waals surface area contributed by atoms with E-state index in [2.05, 4.69) is 55.4 Å². The first-order valence-corrected chi connectivity index (χ1v) is 25.3. The highest BCUT2D eigenvalue weighted by Gasteiger charge is 2.35. The number of hydrogen-bond donors (Lipinski definition) is 9. The Morgan fingerprint density at radius 3 is 1.96 bits per heavy atom. The van der Waals surface area contributed by atoms with E-state index in [4.69, 9.17) is 22.9 Å². The van der Waals surface area contributed by atoms with Gasteiger partial charge in [0.15, 0.2) is 5.96 Å². The lowest BCUT2D eigenvalue weighted by molar-refractivity contribution is -0.141. The van der Waals surface area contributed by atoms with E-state index in [1.54, 1.807) is 12.1 Å². The molecule has 2 aliphatic heterocycles. The number of carbonyl (C=O) groups excluding carboxylic acids is 6. The topological polar surface area (TPSA) is 294 Å². The highest BCUT2D eigenvalue weighted by atomic mass is 16.3. The number of aromatic hydroxyl groups is 1. The standard InChI is InChI=1S/C55H73N11O7/c1-35-27-42(67)28-36(2)43(35)32-44(56)51(70)62-46(19-11-23-60-55(58)59)53(72)64-48-31-40-17-9-10-18-41(40)33-66(54(48)73)34-49(68)61-45(52(71)63-47(50(57)69)30-38-15-7-4-8-16-38)20-12-24-65-25-21-39(22-26-65)29-37-13-5-3-6-14-37/h3-10,13-18,27-28,39,44-48,67H,11-12,19-26,29-34,56H2,1-2H3,(H2,57,69)(H,61,68)(H,62,70)(H,63,71)(H,64,72)(H4,58,59,60)/t44-,45-,46+,47-,48-/m0/s1. The van der Waals surface area contributed by atoms with Crippen LogP contribution in [0.15, 0.2) is 102 Å². The summed E-state index contributed by atoms with van der Waals surface area (Å²) < 4.78 is 0. The third kappa shape index (κ3) is 16.9. The van der Waals surface area contributed by atoms with Crippen molar-refractivity contribution in [2.75, 3.05) is 32.7 Å². The molecule has 6 rings (SSSR count). The molecule has 18 nitrogen and oxygen atoms in total. The van der Waals surface area contributed by atoms with E-state index in [0.29, 0.717) is 25.3 Å². The number of phenols is 1. The summed E-state index contributed by atoms with van der Waals surface area (Å²) in [5.74, 6) is -3.17. The second-order valence-electron chi connectivity index (χ2n) is 19.5. The van der Waals surface area contributed by atoms with E-state index >= 15 is 0 Å². The number of primary amides is 1. The summed E-state index contributed by atoms with van der Waals surface area (Å²) >= 11 is 0. The molecule has 4 aromatic carbocycles. The molecule has 1 saturated heterocycles. The van der Waals surface area contributed by atoms with Crippen LogP contribution in [0.4, 0.5) is 0 Å². The fourth-order valence-corrected chi connectivity index (χ4v) is 9.80. The number of carbonyl (C=O) groups is 6. The first-order chi connectivity index (χ1) is 35.0. The van der Waals surface area contributed by atoms with Crippen LogP contribution in [-0.4, -0.2) is 119 Å². The molecule has 0 aliphatic carbocycles. The van der Waals surface area contributed by atoms with Crippen molar-refractivity contribution < 1.29 is 33.9 Å². The number of likely N-dealkylation sites (tertiary alicyclic amines) is 1. The molecule has 2 heterocycles. The number of aliphatic imine (C=N–C) groups is 1. The number of phenolic OH excluding ortho intramolecular Hbond substituents is 1. The number of hydrogen-bond acceptors (Lipinski definition) is 10. The normalized spacial score (nSPS) is 16.7. The Morgan fingerprint density at radius 2 is 1.32 bits per heavy atom. The molecule has 2 aliphatic rings. The molecule has 0 unspecified atom stereocenters. The van der Waals surface area contributed by atoms with E-state index in [1.165, 1.54) is 10.5 Å². The highest BCUT2D eigenvalue weighted by Crippen LogP contribution is 2.24. The maximum absolute atomic E-state index is 14.6. The van der Waals surface area contributed by atoms with Crippen molar-refractivity contribution in [2.45, 2.75) is 115 Å². The van der Waals surface area contributed by atoms with Crippen LogP contribution in [0.2, 0.25) is 0 Å². The van der Waals surface area contributed by atoms with Crippen LogP contribution in [0, 0.1) is 19.8 Å². The van der Waals surface area contributed by atoms with Crippen molar-refractivity contribution in [3.05, 3.63) is 136 Å². The van der Waals surface area contributed by atoms with Crippen molar-refractivity contribution >= 4 is 41.4 Å². The maximum Gasteiger partial charge on any atom is 0.246 e. The number of benzene rings is 4. The summed E-state index contributed by atoms with van der Waals surface area (Å²) in [6.07, 6.45) is 4.73. The van der Waals surface area contributed by atoms with Crippen LogP contribution in [0.25, 0.3) is 0 Å². The Balaban J connectivity index is 1.15. The van der Waals surface area contributed by atoms with Gasteiger partial charge in [-0.1, -0.05) is 84.9 Å². The molecule has 6 amide bonds. The number of nitrogens with zero attached hydrogens (tertiary/aromatic N) is 3. The monoisotopic (exact) mass is 1000 g/mol. The second-order valence-corrected chi connectivity index (χ2v) is 19.5. The summed E-state index contributed by atoms with van der Waals surface area (Å²) in [6.45, 7) is 5.90. The van der Waals surface area contributed by atoms with Gasteiger partial charge >= 0.3 is 0 Å². The van der Waals surface area contributed by atoms with Crippen molar-refractivity contribution in [3.8, 4) is 5.75 Å². The Labute approximate surface area is 428 Å². The summed E-state index contributed by atoms with van der Waals surface area (Å²) in [6, 6.07) is 24.7. The van der Waals surface area contributed by atoms with Gasteiger partial charge < -0.3 is 59.1 Å². The lowest BCUT2D eigenvalue weighted by Crippen LogP contribution is -2.57. The van der Waals surface area contributed by atoms with Crippen molar-refractivity contribution in [1.29, 1.82) is 0 Å². The van der Waals surface area contributed by atoms with E-state index < -0.39 is 72.2 Å². The average molecular weight is 1000 g/mol. The first-order valence-electron chi connectivity index (χ1n) is 25.3. The van der Waals surface area contributed by atoms with E-state index in [-0.39, 0.29) is 56.9 Å². The molecule has 0 saturated carbocycles. The summed E-state index contributed by atoms with van der Waals surface area (Å²) in [7, 11) is 0. The van der Waals surface area contributed by atoms with Crippen LogP contribution >= 0.6 is 0 Å². The van der Waals surface area contributed by atoms with Gasteiger partial charge in [-0.2, -0.15) is 0 Å². The number of piperidine rings is 1. The van der Waals surface area contributed by atoms with Gasteiger partial charge in [0.2, 0.25) is 35.4 Å². The predicted molar refractivity (Wildman–Crippen MR) is 280 cm³/mol. The Bertz CT molecular complexity index is 2530. The third-order valence-electron chi connectivity index (χ3n) is 13.8. The molecule has 0 spiro atoms. The van der Waals surface area contributed by atoms with E-state index in [9.17, 15) is 33.9 Å². The van der Waals surface area contributed by atoms with Gasteiger partial charge in [0.1, 0.15) is 29.9 Å². The number of guanidine groups is 1. The maximum atomic E-state index is 14.6. The number of nitrogens with one attached hydrogen (secondary N) is 4. The zero-order valence-electron chi connectivity index (χ0n) is 42.1. The van der Waals surface area contributed by atoms with Crippen LogP contribution in [0.3, 0.4) is 0 Å². The SMILES string of the molecule is Cc1cc(O)cc(C)c1C[C@H](N)C(=O)N[C@H](CCCN=C(N)N)C(=O)N[C@H]1Cc2ccccc2CN(CC(=O)N[C@@H](CCCN2CCC(Cc3ccccc3)CC2)C(=O)N[C@@H](Cc2ccccc2)C(N)=O)C1=O. The molecule has 390 valence electrons. The summed E-state index contributed by atoms with van der Waals surface area (Å²) in [4.78, 5) is 91.2. The minimum absolute atomic E-state index is 0.0380. The van der Waals surface area contributed by atoms with E-state index in [1.807, 2.05) is 74.5 Å². The minimum atomic E-state index is -1.15. The number of nitrogens with two attached hydrogens (primary N) is 4. The molecule has 13 N–H and O–H groups in total. The molecule has 0 bridgehead atoms. The fourth-order valence-electron chi connectivity index (χ4n) is 9.80. The fraction of sp³-hybridized carbons (Fsp3) is 0.436. The van der Waals surface area contributed by atoms with Crippen molar-refractivity contribution in [1.82, 2.24) is 31.1 Å². The average Bonchev–Trinajstić information content (AvgIpc) is 3.48. The summed E-state index contributed by atoms with van der Waals surface area (Å²) in [5.41, 5.74) is 29.3. The zero-order chi connectivity index (χ0) is 52.4. The Hall–Kier alpha value is -7.31. The summed E-state index contributed by atoms with van der Waals surface area (Å²) in [5, 5.41) is 21.3.